The zero-order valence-electron chi connectivity index (χ0n) is 19.7. The minimum absolute atomic E-state index is 0.0423. The van der Waals surface area contributed by atoms with Crippen LogP contribution in [0.3, 0.4) is 0 Å². The second-order valence-electron chi connectivity index (χ2n) is 8.31. The molecule has 3 aromatic carbocycles. The number of aliphatic hydroxyl groups excluding tert-OH is 2. The van der Waals surface area contributed by atoms with Gasteiger partial charge in [-0.25, -0.2) is 0 Å². The van der Waals surface area contributed by atoms with Crippen LogP contribution in [0.4, 0.5) is 26.3 Å². The number of halogens is 6. The molecule has 0 aliphatic heterocycles. The first-order chi connectivity index (χ1) is 17.3. The molecule has 3 N–H and O–H groups in total. The van der Waals surface area contributed by atoms with Gasteiger partial charge in [-0.05, 0) is 58.5 Å². The molecular formula is C26H24F6O5. The van der Waals surface area contributed by atoms with Gasteiger partial charge < -0.3 is 24.8 Å². The Bertz CT molecular complexity index is 1240. The Kier molecular flexibility index (Phi) is 8.11. The van der Waals surface area contributed by atoms with Crippen molar-refractivity contribution in [2.45, 2.75) is 44.7 Å². The third-order valence-corrected chi connectivity index (χ3v) is 5.95. The molecule has 0 bridgehead atoms. The maximum atomic E-state index is 13.3. The van der Waals surface area contributed by atoms with Crippen LogP contribution in [0.1, 0.15) is 27.8 Å². The van der Waals surface area contributed by atoms with Crippen LogP contribution in [0, 0.1) is 6.92 Å². The highest BCUT2D eigenvalue weighted by Gasteiger charge is 2.71. The van der Waals surface area contributed by atoms with Gasteiger partial charge in [0.05, 0.1) is 20.3 Å². The van der Waals surface area contributed by atoms with Crippen molar-refractivity contribution in [1.82, 2.24) is 0 Å². The summed E-state index contributed by atoms with van der Waals surface area (Å²) in [5, 5.41) is 28.5. The fraction of sp³-hybridized carbons (Fsp3) is 0.308. The second-order valence-corrected chi connectivity index (χ2v) is 8.31. The maximum absolute atomic E-state index is 13.3. The van der Waals surface area contributed by atoms with Crippen molar-refractivity contribution in [3.8, 4) is 22.6 Å². The van der Waals surface area contributed by atoms with Crippen LogP contribution in [0.5, 0.6) is 11.5 Å². The lowest BCUT2D eigenvalue weighted by molar-refractivity contribution is -0.376. The number of methoxy groups -OCH3 is 1. The largest absolute Gasteiger partial charge is 0.493 e. The quantitative estimate of drug-likeness (QED) is 0.333. The van der Waals surface area contributed by atoms with E-state index in [-0.39, 0.29) is 31.1 Å². The van der Waals surface area contributed by atoms with Crippen LogP contribution in [0.25, 0.3) is 11.1 Å². The fourth-order valence-corrected chi connectivity index (χ4v) is 3.89. The van der Waals surface area contributed by atoms with Crippen LogP contribution in [0.15, 0.2) is 54.6 Å². The van der Waals surface area contributed by atoms with E-state index in [1.807, 2.05) is 0 Å². The second kappa shape index (κ2) is 10.6. The number of ether oxygens (including phenoxy) is 2. The number of alkyl halides is 6. The number of benzene rings is 3. The summed E-state index contributed by atoms with van der Waals surface area (Å²) in [6.07, 6.45) is -12.0. The maximum Gasteiger partial charge on any atom is 0.430 e. The standard InChI is InChI=1S/C26H24F6O5/c1-15-9-20(24(35,25(27,28)29)26(30,31)32)6-7-21(15)17-5-8-22(36-2)23(11-17)37-14-16-3-4-18(12-33)19(10-16)13-34/h3-11,33-35H,12-14H2,1-2H3. The van der Waals surface area contributed by atoms with E-state index in [4.69, 9.17) is 9.47 Å². The van der Waals surface area contributed by atoms with E-state index in [1.165, 1.54) is 26.2 Å². The monoisotopic (exact) mass is 530 g/mol. The van der Waals surface area contributed by atoms with Crippen molar-refractivity contribution >= 4 is 0 Å². The van der Waals surface area contributed by atoms with Crippen molar-refractivity contribution in [2.75, 3.05) is 7.11 Å². The van der Waals surface area contributed by atoms with Crippen LogP contribution < -0.4 is 9.47 Å². The molecule has 3 rings (SSSR count). The van der Waals surface area contributed by atoms with Crippen LogP contribution >= 0.6 is 0 Å². The van der Waals surface area contributed by atoms with Crippen molar-refractivity contribution < 1.29 is 51.1 Å². The number of rotatable bonds is 8. The molecule has 0 saturated heterocycles. The lowest BCUT2D eigenvalue weighted by atomic mass is 9.88. The predicted octanol–water partition coefficient (Wildman–Crippen LogP) is 5.55. The zero-order valence-corrected chi connectivity index (χ0v) is 19.7. The highest BCUT2D eigenvalue weighted by molar-refractivity contribution is 5.70. The van der Waals surface area contributed by atoms with Gasteiger partial charge in [-0.15, -0.1) is 0 Å². The topological polar surface area (TPSA) is 79.2 Å². The molecule has 0 amide bonds. The molecule has 0 aromatic heterocycles. The van der Waals surface area contributed by atoms with Crippen molar-refractivity contribution in [1.29, 1.82) is 0 Å². The van der Waals surface area contributed by atoms with Gasteiger partial charge in [0.1, 0.15) is 6.61 Å². The molecule has 0 saturated carbocycles. The number of hydrogen-bond acceptors (Lipinski definition) is 5. The lowest BCUT2D eigenvalue weighted by Crippen LogP contribution is -2.53. The van der Waals surface area contributed by atoms with Crippen molar-refractivity contribution in [3.63, 3.8) is 0 Å². The third kappa shape index (κ3) is 5.53. The van der Waals surface area contributed by atoms with Gasteiger partial charge in [0.25, 0.3) is 5.60 Å². The van der Waals surface area contributed by atoms with E-state index in [2.05, 4.69) is 0 Å². The third-order valence-electron chi connectivity index (χ3n) is 5.95. The number of hydrogen-bond donors (Lipinski definition) is 3. The molecule has 5 nitrogen and oxygen atoms in total. The average Bonchev–Trinajstić information content (AvgIpc) is 2.85. The van der Waals surface area contributed by atoms with E-state index >= 15 is 0 Å². The summed E-state index contributed by atoms with van der Waals surface area (Å²) in [5.74, 6) is 0.582. The van der Waals surface area contributed by atoms with Crippen LogP contribution in [0.2, 0.25) is 0 Å². The molecule has 0 aliphatic carbocycles. The van der Waals surface area contributed by atoms with Gasteiger partial charge in [0.2, 0.25) is 0 Å². The Morgan fingerprint density at radius 2 is 1.41 bits per heavy atom. The zero-order chi connectivity index (χ0) is 27.6. The predicted molar refractivity (Wildman–Crippen MR) is 122 cm³/mol. The Labute approximate surface area is 208 Å². The molecule has 0 radical (unpaired) electrons. The molecule has 0 spiro atoms. The summed E-state index contributed by atoms with van der Waals surface area (Å²) in [6, 6.07) is 11.9. The van der Waals surface area contributed by atoms with E-state index in [0.29, 0.717) is 45.7 Å². The number of aliphatic hydroxyl groups is 3. The molecular weight excluding hydrogens is 506 g/mol. The molecule has 0 aliphatic rings. The van der Waals surface area contributed by atoms with Crippen LogP contribution in [-0.4, -0.2) is 34.8 Å². The van der Waals surface area contributed by atoms with Crippen molar-refractivity contribution in [3.05, 3.63) is 82.4 Å². The molecule has 37 heavy (non-hydrogen) atoms. The van der Waals surface area contributed by atoms with E-state index in [1.54, 1.807) is 24.3 Å². The Balaban J connectivity index is 1.95. The summed E-state index contributed by atoms with van der Waals surface area (Å²) >= 11 is 0. The summed E-state index contributed by atoms with van der Waals surface area (Å²) in [4.78, 5) is 0. The first-order valence-electron chi connectivity index (χ1n) is 10.9. The van der Waals surface area contributed by atoms with Gasteiger partial charge in [0, 0.05) is 5.56 Å². The average molecular weight is 530 g/mol. The summed E-state index contributed by atoms with van der Waals surface area (Å²) in [7, 11) is 1.40. The van der Waals surface area contributed by atoms with Gasteiger partial charge in [-0.1, -0.05) is 36.4 Å². The minimum Gasteiger partial charge on any atom is -0.493 e. The van der Waals surface area contributed by atoms with Gasteiger partial charge in [-0.3, -0.25) is 0 Å². The molecule has 0 fully saturated rings. The SMILES string of the molecule is COc1ccc(-c2ccc(C(O)(C(F)(F)F)C(F)(F)F)cc2C)cc1OCc1ccc(CO)c(CO)c1. The van der Waals surface area contributed by atoms with E-state index < -0.39 is 23.5 Å². The molecule has 3 aromatic rings. The Morgan fingerprint density at radius 1 is 0.757 bits per heavy atom. The van der Waals surface area contributed by atoms with Gasteiger partial charge in [-0.2, -0.15) is 26.3 Å². The first kappa shape index (κ1) is 28.3. The molecule has 0 atom stereocenters. The smallest absolute Gasteiger partial charge is 0.430 e. The minimum atomic E-state index is -5.98. The first-order valence-corrected chi connectivity index (χ1v) is 10.9. The summed E-state index contributed by atoms with van der Waals surface area (Å²) in [5.41, 5.74) is -3.79. The highest BCUT2D eigenvalue weighted by Crippen LogP contribution is 2.50. The van der Waals surface area contributed by atoms with Gasteiger partial charge >= 0.3 is 12.4 Å². The normalized spacial score (nSPS) is 12.5. The summed E-state index contributed by atoms with van der Waals surface area (Å²) in [6.45, 7) is 0.848. The van der Waals surface area contributed by atoms with E-state index in [0.717, 1.165) is 6.07 Å². The highest BCUT2D eigenvalue weighted by atomic mass is 19.4. The fourth-order valence-electron chi connectivity index (χ4n) is 3.89. The number of aryl methyl sites for hydroxylation is 1. The summed E-state index contributed by atoms with van der Waals surface area (Å²) < 4.78 is 90.7. The molecule has 0 unspecified atom stereocenters. The van der Waals surface area contributed by atoms with Crippen LogP contribution in [-0.2, 0) is 25.4 Å². The van der Waals surface area contributed by atoms with Crippen molar-refractivity contribution in [2.24, 2.45) is 0 Å². The lowest BCUT2D eigenvalue weighted by Gasteiger charge is -2.33. The Morgan fingerprint density at radius 3 is 1.95 bits per heavy atom. The Hall–Kier alpha value is -3.28. The molecule has 11 heteroatoms. The molecule has 0 heterocycles. The molecule has 200 valence electrons. The van der Waals surface area contributed by atoms with E-state index in [9.17, 15) is 41.7 Å². The van der Waals surface area contributed by atoms with Gasteiger partial charge in [0.15, 0.2) is 11.5 Å².